The summed E-state index contributed by atoms with van der Waals surface area (Å²) in [6, 6.07) is 1.28. The highest BCUT2D eigenvalue weighted by molar-refractivity contribution is 6.02. The van der Waals surface area contributed by atoms with Crippen LogP contribution in [0.1, 0.15) is 33.8 Å². The van der Waals surface area contributed by atoms with Gasteiger partial charge in [-0.25, -0.2) is 4.79 Å². The molecule has 1 saturated heterocycles. The van der Waals surface area contributed by atoms with Gasteiger partial charge in [0.25, 0.3) is 5.91 Å². The molecule has 104 valence electrons. The van der Waals surface area contributed by atoms with Gasteiger partial charge in [0.05, 0.1) is 6.26 Å². The van der Waals surface area contributed by atoms with E-state index in [4.69, 9.17) is 9.52 Å². The highest BCUT2D eigenvalue weighted by Gasteiger charge is 2.22. The number of likely N-dealkylation sites (tertiary alicyclic amines) is 1. The second-order valence-electron chi connectivity index (χ2n) is 4.93. The van der Waals surface area contributed by atoms with E-state index in [0.717, 1.165) is 25.9 Å². The van der Waals surface area contributed by atoms with Crippen LogP contribution < -0.4 is 5.32 Å². The lowest BCUT2D eigenvalue weighted by Gasteiger charge is -2.28. The number of furan rings is 1. The maximum absolute atomic E-state index is 11.9. The minimum Gasteiger partial charge on any atom is -0.478 e. The Morgan fingerprint density at radius 2 is 2.16 bits per heavy atom. The average Bonchev–Trinajstić information content (AvgIpc) is 2.87. The van der Waals surface area contributed by atoms with E-state index in [1.807, 2.05) is 0 Å². The van der Waals surface area contributed by atoms with Crippen molar-refractivity contribution in [2.24, 2.45) is 5.92 Å². The molecule has 1 aliphatic heterocycles. The van der Waals surface area contributed by atoms with Crippen LogP contribution in [0.15, 0.2) is 16.7 Å². The smallest absolute Gasteiger partial charge is 0.339 e. The Kier molecular flexibility index (Phi) is 4.21. The Morgan fingerprint density at radius 1 is 1.47 bits per heavy atom. The number of carbonyl (C=O) groups is 2. The molecule has 0 unspecified atom stereocenters. The van der Waals surface area contributed by atoms with Gasteiger partial charge in [-0.1, -0.05) is 0 Å². The van der Waals surface area contributed by atoms with Crippen LogP contribution in [0, 0.1) is 5.92 Å². The molecule has 0 spiro atoms. The van der Waals surface area contributed by atoms with E-state index >= 15 is 0 Å². The first-order chi connectivity index (χ1) is 9.08. The lowest BCUT2D eigenvalue weighted by atomic mass is 9.97. The maximum Gasteiger partial charge on any atom is 0.339 e. The molecule has 2 N–H and O–H groups in total. The summed E-state index contributed by atoms with van der Waals surface area (Å²) >= 11 is 0. The van der Waals surface area contributed by atoms with Gasteiger partial charge in [0.15, 0.2) is 0 Å². The summed E-state index contributed by atoms with van der Waals surface area (Å²) in [5.74, 6) is -1.29. The molecule has 6 heteroatoms. The fourth-order valence-corrected chi connectivity index (χ4v) is 2.24. The SMILES string of the molecule is CN1CCC(CNC(=O)c2occc2C(=O)O)CC1. The summed E-state index contributed by atoms with van der Waals surface area (Å²) in [7, 11) is 2.08. The summed E-state index contributed by atoms with van der Waals surface area (Å²) in [6.45, 7) is 2.62. The summed E-state index contributed by atoms with van der Waals surface area (Å²) in [5, 5.41) is 11.7. The Hall–Kier alpha value is -1.82. The third-order valence-corrected chi connectivity index (χ3v) is 3.49. The van der Waals surface area contributed by atoms with Crippen molar-refractivity contribution < 1.29 is 19.1 Å². The second-order valence-corrected chi connectivity index (χ2v) is 4.93. The van der Waals surface area contributed by atoms with Gasteiger partial charge >= 0.3 is 5.97 Å². The molecule has 1 aromatic heterocycles. The zero-order valence-electron chi connectivity index (χ0n) is 10.9. The highest BCUT2D eigenvalue weighted by Crippen LogP contribution is 2.15. The molecular weight excluding hydrogens is 248 g/mol. The molecule has 0 saturated carbocycles. The fraction of sp³-hybridized carbons (Fsp3) is 0.538. The third-order valence-electron chi connectivity index (χ3n) is 3.49. The van der Waals surface area contributed by atoms with E-state index in [1.165, 1.54) is 12.3 Å². The van der Waals surface area contributed by atoms with Gasteiger partial charge in [-0.3, -0.25) is 4.79 Å². The van der Waals surface area contributed by atoms with Gasteiger partial charge in [0.1, 0.15) is 5.56 Å². The fourth-order valence-electron chi connectivity index (χ4n) is 2.24. The number of rotatable bonds is 4. The molecule has 1 aliphatic rings. The molecule has 0 atom stereocenters. The first kappa shape index (κ1) is 13.6. The molecule has 6 nitrogen and oxygen atoms in total. The predicted molar refractivity (Wildman–Crippen MR) is 68.2 cm³/mol. The number of nitrogens with one attached hydrogen (secondary N) is 1. The van der Waals surface area contributed by atoms with Crippen LogP contribution in [0.3, 0.4) is 0 Å². The largest absolute Gasteiger partial charge is 0.478 e. The Bertz CT molecular complexity index is 461. The molecule has 1 amide bonds. The van der Waals surface area contributed by atoms with Crippen molar-refractivity contribution in [1.82, 2.24) is 10.2 Å². The van der Waals surface area contributed by atoms with E-state index in [1.54, 1.807) is 0 Å². The van der Waals surface area contributed by atoms with E-state index < -0.39 is 11.9 Å². The summed E-state index contributed by atoms with van der Waals surface area (Å²) < 4.78 is 4.94. The number of hydrogen-bond acceptors (Lipinski definition) is 4. The number of nitrogens with zero attached hydrogens (tertiary/aromatic N) is 1. The van der Waals surface area contributed by atoms with Crippen LogP contribution in [-0.4, -0.2) is 48.6 Å². The normalized spacial score (nSPS) is 17.3. The standard InChI is InChI=1S/C13H18N2O4/c1-15-5-2-9(3-6-15)8-14-12(16)11-10(13(17)18)4-7-19-11/h4,7,9H,2-3,5-6,8H2,1H3,(H,14,16)(H,17,18). The lowest BCUT2D eigenvalue weighted by molar-refractivity contribution is 0.0687. The van der Waals surface area contributed by atoms with Crippen molar-refractivity contribution >= 4 is 11.9 Å². The molecule has 0 bridgehead atoms. The number of carbonyl (C=O) groups excluding carboxylic acids is 1. The van der Waals surface area contributed by atoms with E-state index in [0.29, 0.717) is 12.5 Å². The zero-order valence-corrected chi connectivity index (χ0v) is 10.9. The van der Waals surface area contributed by atoms with Gasteiger partial charge in [-0.05, 0) is 45.0 Å². The van der Waals surface area contributed by atoms with Crippen molar-refractivity contribution in [3.63, 3.8) is 0 Å². The van der Waals surface area contributed by atoms with Gasteiger partial charge < -0.3 is 19.7 Å². The molecule has 1 fully saturated rings. The lowest BCUT2D eigenvalue weighted by Crippen LogP contribution is -2.37. The highest BCUT2D eigenvalue weighted by atomic mass is 16.4. The average molecular weight is 266 g/mol. The minimum atomic E-state index is -1.15. The van der Waals surface area contributed by atoms with Crippen LogP contribution in [0.25, 0.3) is 0 Å². The van der Waals surface area contributed by atoms with E-state index in [-0.39, 0.29) is 11.3 Å². The second kappa shape index (κ2) is 5.88. The number of aromatic carboxylic acids is 1. The Labute approximate surface area is 111 Å². The van der Waals surface area contributed by atoms with Crippen LogP contribution in [-0.2, 0) is 0 Å². The summed E-state index contributed by atoms with van der Waals surface area (Å²) in [5.41, 5.74) is -0.0964. The van der Waals surface area contributed by atoms with E-state index in [9.17, 15) is 9.59 Å². The number of amides is 1. The monoisotopic (exact) mass is 266 g/mol. The third kappa shape index (κ3) is 3.35. The maximum atomic E-state index is 11.9. The van der Waals surface area contributed by atoms with Crippen LogP contribution in [0.4, 0.5) is 0 Å². The van der Waals surface area contributed by atoms with Crippen molar-refractivity contribution in [3.8, 4) is 0 Å². The predicted octanol–water partition coefficient (Wildman–Crippen LogP) is 1.05. The van der Waals surface area contributed by atoms with Crippen molar-refractivity contribution in [2.75, 3.05) is 26.7 Å². The molecule has 19 heavy (non-hydrogen) atoms. The quantitative estimate of drug-likeness (QED) is 0.851. The van der Waals surface area contributed by atoms with Crippen molar-refractivity contribution in [2.45, 2.75) is 12.8 Å². The Morgan fingerprint density at radius 3 is 2.79 bits per heavy atom. The molecule has 2 heterocycles. The zero-order chi connectivity index (χ0) is 13.8. The van der Waals surface area contributed by atoms with Crippen LogP contribution in [0.2, 0.25) is 0 Å². The van der Waals surface area contributed by atoms with Crippen molar-refractivity contribution in [1.29, 1.82) is 0 Å². The Balaban J connectivity index is 1.87. The van der Waals surface area contributed by atoms with Crippen LogP contribution >= 0.6 is 0 Å². The van der Waals surface area contributed by atoms with Gasteiger partial charge in [-0.2, -0.15) is 0 Å². The first-order valence-corrected chi connectivity index (χ1v) is 6.35. The molecular formula is C13H18N2O4. The summed E-state index contributed by atoms with van der Waals surface area (Å²) in [6.07, 6.45) is 3.30. The molecule has 1 aromatic rings. The number of piperidine rings is 1. The summed E-state index contributed by atoms with van der Waals surface area (Å²) in [4.78, 5) is 25.0. The minimum absolute atomic E-state index is 0.0964. The van der Waals surface area contributed by atoms with Crippen molar-refractivity contribution in [3.05, 3.63) is 23.7 Å². The molecule has 0 aliphatic carbocycles. The van der Waals surface area contributed by atoms with Gasteiger partial charge in [0.2, 0.25) is 5.76 Å². The first-order valence-electron chi connectivity index (χ1n) is 6.35. The number of hydrogen-bond donors (Lipinski definition) is 2. The molecule has 0 aromatic carbocycles. The molecule has 2 rings (SSSR count). The van der Waals surface area contributed by atoms with Gasteiger partial charge in [-0.15, -0.1) is 0 Å². The molecule has 0 radical (unpaired) electrons. The van der Waals surface area contributed by atoms with Gasteiger partial charge in [0, 0.05) is 6.54 Å². The topological polar surface area (TPSA) is 82.8 Å². The van der Waals surface area contributed by atoms with E-state index in [2.05, 4.69) is 17.3 Å². The van der Waals surface area contributed by atoms with Crippen LogP contribution in [0.5, 0.6) is 0 Å². The number of carboxylic acid groups (broad SMARTS) is 1. The number of carboxylic acids is 1.